The molecule has 0 aliphatic rings. The highest BCUT2D eigenvalue weighted by Crippen LogP contribution is 2.39. The highest BCUT2D eigenvalue weighted by molar-refractivity contribution is 7.14. The molecular formula is C17H11N2S. The summed E-state index contributed by atoms with van der Waals surface area (Å²) in [4.78, 5) is 8.81. The Labute approximate surface area is 120 Å². The molecule has 0 fully saturated rings. The second kappa shape index (κ2) is 4.62. The van der Waals surface area contributed by atoms with Crippen molar-refractivity contribution in [3.8, 4) is 21.6 Å². The van der Waals surface area contributed by atoms with E-state index in [1.807, 2.05) is 24.5 Å². The molecule has 1 aromatic carbocycles. The Hall–Kier alpha value is -2.39. The second-order valence-electron chi connectivity index (χ2n) is 4.55. The molecule has 2 nitrogen and oxygen atoms in total. The van der Waals surface area contributed by atoms with Gasteiger partial charge in [0.15, 0.2) is 0 Å². The Morgan fingerprint density at radius 1 is 1.00 bits per heavy atom. The molecule has 0 spiro atoms. The second-order valence-corrected chi connectivity index (χ2v) is 5.47. The largest absolute Gasteiger partial charge is 0.346 e. The van der Waals surface area contributed by atoms with E-state index in [0.29, 0.717) is 0 Å². The molecule has 0 amide bonds. The molecule has 0 saturated carbocycles. The van der Waals surface area contributed by atoms with Gasteiger partial charge in [-0.05, 0) is 35.2 Å². The lowest BCUT2D eigenvalue weighted by atomic mass is 10.0. The number of benzene rings is 1. The smallest absolute Gasteiger partial charge is 0.137 e. The Kier molecular flexibility index (Phi) is 2.64. The van der Waals surface area contributed by atoms with Crippen LogP contribution < -0.4 is 0 Å². The minimum absolute atomic E-state index is 0.934. The third-order valence-electron chi connectivity index (χ3n) is 3.40. The molecule has 0 saturated heterocycles. The van der Waals surface area contributed by atoms with Gasteiger partial charge in [-0.3, -0.25) is 0 Å². The van der Waals surface area contributed by atoms with E-state index in [4.69, 9.17) is 0 Å². The molecule has 3 heteroatoms. The molecule has 95 valence electrons. The fourth-order valence-corrected chi connectivity index (χ4v) is 3.43. The number of hydrogen-bond donors (Lipinski definition) is 1. The number of pyridine rings is 1. The molecule has 4 rings (SSSR count). The summed E-state index contributed by atoms with van der Waals surface area (Å²) in [6.45, 7) is 0. The van der Waals surface area contributed by atoms with E-state index in [1.165, 1.54) is 27.0 Å². The molecule has 1 N–H and O–H groups in total. The molecule has 3 heterocycles. The van der Waals surface area contributed by atoms with Crippen LogP contribution >= 0.6 is 11.3 Å². The SMILES string of the molecule is [c]1ccc(-c2ccsc2-c2ccnc3[nH]ccc23)cc1. The van der Waals surface area contributed by atoms with Crippen molar-refractivity contribution in [2.45, 2.75) is 0 Å². The summed E-state index contributed by atoms with van der Waals surface area (Å²) in [5.74, 6) is 0. The molecule has 0 aliphatic heterocycles. The van der Waals surface area contributed by atoms with Gasteiger partial charge in [0.2, 0.25) is 0 Å². The topological polar surface area (TPSA) is 28.7 Å². The number of fused-ring (bicyclic) bond motifs is 1. The zero-order valence-electron chi connectivity index (χ0n) is 10.6. The first-order valence-corrected chi connectivity index (χ1v) is 7.28. The van der Waals surface area contributed by atoms with Crippen molar-refractivity contribution < 1.29 is 0 Å². The fraction of sp³-hybridized carbons (Fsp3) is 0. The van der Waals surface area contributed by atoms with Crippen molar-refractivity contribution in [1.29, 1.82) is 0 Å². The van der Waals surface area contributed by atoms with E-state index in [9.17, 15) is 0 Å². The van der Waals surface area contributed by atoms with Gasteiger partial charge in [0.1, 0.15) is 5.65 Å². The van der Waals surface area contributed by atoms with Gasteiger partial charge in [0.05, 0.1) is 0 Å². The van der Waals surface area contributed by atoms with Crippen molar-refractivity contribution in [3.63, 3.8) is 0 Å². The standard InChI is InChI=1S/C17H11N2S/c1-2-4-12(5-3-1)13-8-11-20-16(13)14-6-9-18-17-15(14)7-10-19-17/h2-11H,(H,18,19). The number of aromatic amines is 1. The normalized spacial score (nSPS) is 11.0. The number of nitrogens with one attached hydrogen (secondary N) is 1. The summed E-state index contributed by atoms with van der Waals surface area (Å²) >= 11 is 1.76. The van der Waals surface area contributed by atoms with Crippen LogP contribution in [-0.2, 0) is 0 Å². The first-order valence-electron chi connectivity index (χ1n) is 6.40. The van der Waals surface area contributed by atoms with E-state index in [0.717, 1.165) is 5.65 Å². The number of rotatable bonds is 2. The third kappa shape index (κ3) is 1.75. The third-order valence-corrected chi connectivity index (χ3v) is 4.35. The van der Waals surface area contributed by atoms with Crippen molar-refractivity contribution >= 4 is 22.4 Å². The minimum Gasteiger partial charge on any atom is -0.346 e. The van der Waals surface area contributed by atoms with E-state index >= 15 is 0 Å². The molecule has 0 atom stereocenters. The van der Waals surface area contributed by atoms with Gasteiger partial charge in [0, 0.05) is 33.8 Å². The van der Waals surface area contributed by atoms with Crippen LogP contribution in [0.25, 0.3) is 32.6 Å². The molecular weight excluding hydrogens is 264 g/mol. The Bertz CT molecular complexity index is 859. The van der Waals surface area contributed by atoms with Gasteiger partial charge in [-0.25, -0.2) is 4.98 Å². The maximum Gasteiger partial charge on any atom is 0.137 e. The number of H-pyrrole nitrogens is 1. The van der Waals surface area contributed by atoms with Crippen molar-refractivity contribution in [2.75, 3.05) is 0 Å². The number of hydrogen-bond acceptors (Lipinski definition) is 2. The lowest BCUT2D eigenvalue weighted by Crippen LogP contribution is -1.82. The average molecular weight is 275 g/mol. The summed E-state index contributed by atoms with van der Waals surface area (Å²) in [6.07, 6.45) is 3.79. The van der Waals surface area contributed by atoms with Crippen LogP contribution in [0.2, 0.25) is 0 Å². The van der Waals surface area contributed by atoms with E-state index in [1.54, 1.807) is 11.3 Å². The molecule has 0 unspecified atom stereocenters. The van der Waals surface area contributed by atoms with Gasteiger partial charge in [-0.1, -0.05) is 24.3 Å². The molecule has 20 heavy (non-hydrogen) atoms. The van der Waals surface area contributed by atoms with Crippen LogP contribution in [0, 0.1) is 6.07 Å². The Morgan fingerprint density at radius 2 is 1.90 bits per heavy atom. The number of thiophene rings is 1. The van der Waals surface area contributed by atoms with E-state index < -0.39 is 0 Å². The summed E-state index contributed by atoms with van der Waals surface area (Å²) in [6, 6.07) is 17.5. The average Bonchev–Trinajstić information content (AvgIpc) is 3.16. The molecule has 0 bridgehead atoms. The van der Waals surface area contributed by atoms with Crippen LogP contribution in [0.3, 0.4) is 0 Å². The minimum atomic E-state index is 0.934. The quantitative estimate of drug-likeness (QED) is 0.561. The van der Waals surface area contributed by atoms with Gasteiger partial charge in [0.25, 0.3) is 0 Å². The van der Waals surface area contributed by atoms with Gasteiger partial charge in [-0.2, -0.15) is 0 Å². The molecule has 1 radical (unpaired) electrons. The van der Waals surface area contributed by atoms with E-state index in [2.05, 4.69) is 51.7 Å². The summed E-state index contributed by atoms with van der Waals surface area (Å²) < 4.78 is 0. The van der Waals surface area contributed by atoms with Crippen LogP contribution in [0.1, 0.15) is 0 Å². The van der Waals surface area contributed by atoms with Crippen LogP contribution in [0.5, 0.6) is 0 Å². The van der Waals surface area contributed by atoms with Crippen LogP contribution in [0.15, 0.2) is 60.2 Å². The zero-order valence-corrected chi connectivity index (χ0v) is 11.4. The Morgan fingerprint density at radius 3 is 2.80 bits per heavy atom. The lowest BCUT2D eigenvalue weighted by molar-refractivity contribution is 1.33. The highest BCUT2D eigenvalue weighted by Gasteiger charge is 2.12. The number of nitrogens with zero attached hydrogens (tertiary/aromatic N) is 1. The maximum absolute atomic E-state index is 4.36. The van der Waals surface area contributed by atoms with Gasteiger partial charge < -0.3 is 4.98 Å². The molecule has 0 aliphatic carbocycles. The first kappa shape index (κ1) is 11.4. The molecule has 4 aromatic rings. The monoisotopic (exact) mass is 275 g/mol. The predicted molar refractivity (Wildman–Crippen MR) is 83.7 cm³/mol. The zero-order chi connectivity index (χ0) is 13.4. The summed E-state index contributed by atoms with van der Waals surface area (Å²) in [5, 5.41) is 3.30. The van der Waals surface area contributed by atoms with Gasteiger partial charge >= 0.3 is 0 Å². The van der Waals surface area contributed by atoms with Crippen molar-refractivity contribution in [2.24, 2.45) is 0 Å². The van der Waals surface area contributed by atoms with Crippen molar-refractivity contribution in [1.82, 2.24) is 9.97 Å². The van der Waals surface area contributed by atoms with Crippen LogP contribution in [-0.4, -0.2) is 9.97 Å². The fourth-order valence-electron chi connectivity index (χ4n) is 2.47. The summed E-state index contributed by atoms with van der Waals surface area (Å²) in [5.41, 5.74) is 4.65. The lowest BCUT2D eigenvalue weighted by Gasteiger charge is -2.05. The predicted octanol–water partition coefficient (Wildman–Crippen LogP) is 4.76. The maximum atomic E-state index is 4.36. The van der Waals surface area contributed by atoms with Gasteiger partial charge in [-0.15, -0.1) is 11.3 Å². The highest BCUT2D eigenvalue weighted by atomic mass is 32.1. The number of aromatic nitrogens is 2. The summed E-state index contributed by atoms with van der Waals surface area (Å²) in [7, 11) is 0. The van der Waals surface area contributed by atoms with Crippen LogP contribution in [0.4, 0.5) is 0 Å². The van der Waals surface area contributed by atoms with Crippen molar-refractivity contribution in [3.05, 3.63) is 66.3 Å². The Balaban J connectivity index is 1.96. The van der Waals surface area contributed by atoms with E-state index in [-0.39, 0.29) is 0 Å². The first-order chi connectivity index (χ1) is 9.93. The molecule has 3 aromatic heterocycles.